The number of fused-ring (bicyclic) bond motifs is 2. The van der Waals surface area contributed by atoms with E-state index in [9.17, 15) is 0 Å². The largest absolute Gasteiger partial charge is 0.490 e. The van der Waals surface area contributed by atoms with Crippen molar-refractivity contribution in [3.8, 4) is 17.0 Å². The summed E-state index contributed by atoms with van der Waals surface area (Å²) in [4.78, 5) is 8.77. The van der Waals surface area contributed by atoms with Gasteiger partial charge in [-0.1, -0.05) is 36.9 Å². The number of nitrogen functional groups attached to an aromatic ring is 1. The van der Waals surface area contributed by atoms with Gasteiger partial charge in [-0.2, -0.15) is 5.10 Å². The summed E-state index contributed by atoms with van der Waals surface area (Å²) in [7, 11) is 0. The van der Waals surface area contributed by atoms with E-state index < -0.39 is 0 Å². The summed E-state index contributed by atoms with van der Waals surface area (Å²) in [5.41, 5.74) is 11.6. The second kappa shape index (κ2) is 7.63. The number of ether oxygens (including phenoxy) is 1. The molecule has 0 spiro atoms. The molecule has 2 N–H and O–H groups in total. The van der Waals surface area contributed by atoms with Gasteiger partial charge in [0, 0.05) is 5.56 Å². The van der Waals surface area contributed by atoms with Crippen molar-refractivity contribution in [2.45, 2.75) is 25.3 Å². The lowest BCUT2D eigenvalue weighted by molar-refractivity contribution is 0.363. The Kier molecular flexibility index (Phi) is 4.67. The lowest BCUT2D eigenvalue weighted by Gasteiger charge is -2.25. The van der Waals surface area contributed by atoms with Crippen LogP contribution in [0.25, 0.3) is 22.3 Å². The van der Waals surface area contributed by atoms with Crippen molar-refractivity contribution in [1.29, 1.82) is 0 Å². The Morgan fingerprint density at radius 1 is 1.10 bits per heavy atom. The quantitative estimate of drug-likeness (QED) is 0.506. The van der Waals surface area contributed by atoms with E-state index in [1.54, 1.807) is 6.08 Å². The summed E-state index contributed by atoms with van der Waals surface area (Å²) in [6.07, 6.45) is 6.23. The molecular weight excluding hydrogens is 374 g/mol. The van der Waals surface area contributed by atoms with Gasteiger partial charge in [0.2, 0.25) is 0 Å². The molecule has 1 aliphatic rings. The second-order valence-electron chi connectivity index (χ2n) is 7.54. The van der Waals surface area contributed by atoms with Crippen molar-refractivity contribution < 1.29 is 4.74 Å². The minimum Gasteiger partial charge on any atom is -0.490 e. The molecule has 2 aromatic carbocycles. The molecular formula is C24H23N5O. The number of rotatable bonds is 5. The van der Waals surface area contributed by atoms with E-state index in [4.69, 9.17) is 15.6 Å². The van der Waals surface area contributed by atoms with Crippen molar-refractivity contribution >= 4 is 16.9 Å². The first kappa shape index (κ1) is 18.4. The third kappa shape index (κ3) is 3.20. The number of anilines is 1. The first-order valence-electron chi connectivity index (χ1n) is 10.1. The maximum absolute atomic E-state index is 6.27. The predicted octanol–water partition coefficient (Wildman–Crippen LogP) is 4.37. The Bertz CT molecular complexity index is 1210. The number of hydrogen-bond donors (Lipinski definition) is 1. The Labute approximate surface area is 175 Å². The second-order valence-corrected chi connectivity index (χ2v) is 7.54. The minimum atomic E-state index is 0.237. The van der Waals surface area contributed by atoms with E-state index in [0.717, 1.165) is 47.3 Å². The number of nitrogens with two attached hydrogens (primary N) is 1. The lowest BCUT2D eigenvalue weighted by atomic mass is 9.88. The van der Waals surface area contributed by atoms with Crippen LogP contribution in [0.4, 0.5) is 5.82 Å². The molecule has 2 heterocycles. The molecule has 6 nitrogen and oxygen atoms in total. The number of nitrogens with zero attached hydrogens (tertiary/aromatic N) is 4. The summed E-state index contributed by atoms with van der Waals surface area (Å²) in [5, 5.41) is 5.79. The summed E-state index contributed by atoms with van der Waals surface area (Å²) in [6, 6.07) is 16.7. The van der Waals surface area contributed by atoms with Crippen molar-refractivity contribution in [1.82, 2.24) is 19.7 Å². The number of aryl methyl sites for hydroxylation is 1. The highest BCUT2D eigenvalue weighted by Crippen LogP contribution is 2.36. The van der Waals surface area contributed by atoms with Crippen LogP contribution in [0.15, 0.2) is 67.5 Å². The molecule has 0 bridgehead atoms. The molecule has 0 amide bonds. The van der Waals surface area contributed by atoms with E-state index >= 15 is 0 Å². The molecule has 30 heavy (non-hydrogen) atoms. The third-order valence-corrected chi connectivity index (χ3v) is 5.68. The van der Waals surface area contributed by atoms with Gasteiger partial charge in [0.05, 0.1) is 11.4 Å². The highest BCUT2D eigenvalue weighted by atomic mass is 16.5. The molecule has 6 heteroatoms. The molecule has 2 aromatic heterocycles. The van der Waals surface area contributed by atoms with Gasteiger partial charge in [0.15, 0.2) is 5.65 Å². The monoisotopic (exact) mass is 397 g/mol. The van der Waals surface area contributed by atoms with Crippen LogP contribution in [-0.4, -0.2) is 26.4 Å². The van der Waals surface area contributed by atoms with Crippen LogP contribution in [0.5, 0.6) is 5.75 Å². The average molecular weight is 397 g/mol. The van der Waals surface area contributed by atoms with Crippen molar-refractivity contribution in [2.75, 3.05) is 12.3 Å². The molecule has 0 fully saturated rings. The number of aromatic nitrogens is 4. The van der Waals surface area contributed by atoms with Gasteiger partial charge >= 0.3 is 0 Å². The Balaban J connectivity index is 1.57. The zero-order valence-corrected chi connectivity index (χ0v) is 16.7. The molecule has 0 saturated heterocycles. The van der Waals surface area contributed by atoms with Crippen LogP contribution >= 0.6 is 0 Å². The fourth-order valence-corrected chi connectivity index (χ4v) is 4.20. The summed E-state index contributed by atoms with van der Waals surface area (Å²) in [6.45, 7) is 4.15. The van der Waals surface area contributed by atoms with Crippen LogP contribution in [0, 0.1) is 0 Å². The maximum atomic E-state index is 6.27. The fraction of sp³-hybridized carbons (Fsp3) is 0.208. The normalized spacial score (nSPS) is 15.7. The van der Waals surface area contributed by atoms with E-state index in [2.05, 4.69) is 40.8 Å². The Morgan fingerprint density at radius 2 is 1.90 bits per heavy atom. The summed E-state index contributed by atoms with van der Waals surface area (Å²) < 4.78 is 7.64. The molecule has 1 aliphatic carbocycles. The van der Waals surface area contributed by atoms with E-state index in [0.29, 0.717) is 12.4 Å². The van der Waals surface area contributed by atoms with Gasteiger partial charge < -0.3 is 10.5 Å². The molecule has 0 aliphatic heterocycles. The third-order valence-electron chi connectivity index (χ3n) is 5.68. The van der Waals surface area contributed by atoms with Crippen LogP contribution in [0.2, 0.25) is 0 Å². The van der Waals surface area contributed by atoms with Gasteiger partial charge in [0.1, 0.15) is 30.2 Å². The zero-order chi connectivity index (χ0) is 20.5. The van der Waals surface area contributed by atoms with E-state index in [1.165, 1.54) is 17.5 Å². The summed E-state index contributed by atoms with van der Waals surface area (Å²) in [5.74, 6) is 1.24. The molecule has 0 radical (unpaired) electrons. The van der Waals surface area contributed by atoms with Crippen LogP contribution < -0.4 is 10.5 Å². The van der Waals surface area contributed by atoms with Crippen molar-refractivity contribution in [2.24, 2.45) is 0 Å². The van der Waals surface area contributed by atoms with Crippen LogP contribution in [-0.2, 0) is 12.8 Å². The SMILES string of the molecule is C=CCOc1ccc(-c2nn(C3CCc4ccccc4C3)c3ncnc(N)c23)cc1. The maximum Gasteiger partial charge on any atom is 0.164 e. The van der Waals surface area contributed by atoms with Gasteiger partial charge in [-0.05, 0) is 54.7 Å². The predicted molar refractivity (Wildman–Crippen MR) is 118 cm³/mol. The summed E-state index contributed by atoms with van der Waals surface area (Å²) >= 11 is 0. The topological polar surface area (TPSA) is 78.8 Å². The van der Waals surface area contributed by atoms with Crippen molar-refractivity contribution in [3.05, 3.63) is 78.6 Å². The van der Waals surface area contributed by atoms with Gasteiger partial charge in [0.25, 0.3) is 0 Å². The molecule has 0 saturated carbocycles. The van der Waals surface area contributed by atoms with E-state index in [-0.39, 0.29) is 6.04 Å². The highest BCUT2D eigenvalue weighted by Gasteiger charge is 2.25. The highest BCUT2D eigenvalue weighted by molar-refractivity contribution is 5.98. The Hall–Kier alpha value is -3.67. The smallest absolute Gasteiger partial charge is 0.164 e. The van der Waals surface area contributed by atoms with Gasteiger partial charge in [-0.25, -0.2) is 14.6 Å². The Morgan fingerprint density at radius 3 is 2.70 bits per heavy atom. The van der Waals surface area contributed by atoms with Crippen molar-refractivity contribution in [3.63, 3.8) is 0 Å². The number of hydrogen-bond acceptors (Lipinski definition) is 5. The lowest BCUT2D eigenvalue weighted by Crippen LogP contribution is -2.20. The van der Waals surface area contributed by atoms with E-state index in [1.807, 2.05) is 28.9 Å². The molecule has 4 aromatic rings. The first-order chi connectivity index (χ1) is 14.7. The van der Waals surface area contributed by atoms with Gasteiger partial charge in [-0.15, -0.1) is 0 Å². The standard InChI is InChI=1S/C24H23N5O/c1-2-13-30-20-11-8-17(9-12-20)22-21-23(25)26-15-27-24(21)29(28-22)19-10-7-16-5-3-4-6-18(16)14-19/h2-6,8-9,11-12,15,19H,1,7,10,13-14H2,(H2,25,26,27). The molecule has 5 rings (SSSR count). The molecule has 1 atom stereocenters. The van der Waals surface area contributed by atoms with Crippen LogP contribution in [0.3, 0.4) is 0 Å². The number of benzene rings is 2. The molecule has 1 unspecified atom stereocenters. The van der Waals surface area contributed by atoms with Crippen LogP contribution in [0.1, 0.15) is 23.6 Å². The minimum absolute atomic E-state index is 0.237. The zero-order valence-electron chi connectivity index (χ0n) is 16.7. The average Bonchev–Trinajstić information content (AvgIpc) is 3.19. The molecule has 150 valence electrons. The fourth-order valence-electron chi connectivity index (χ4n) is 4.20. The first-order valence-corrected chi connectivity index (χ1v) is 10.1. The van der Waals surface area contributed by atoms with Gasteiger partial charge in [-0.3, -0.25) is 0 Å².